The summed E-state index contributed by atoms with van der Waals surface area (Å²) in [5.41, 5.74) is -0.740. The number of benzene rings is 1. The first kappa shape index (κ1) is 17.3. The van der Waals surface area contributed by atoms with Gasteiger partial charge in [0.1, 0.15) is 12.3 Å². The van der Waals surface area contributed by atoms with Gasteiger partial charge in [-0.15, -0.1) is 0 Å². The molecule has 1 fully saturated rings. The Labute approximate surface area is 154 Å². The molecule has 1 aliphatic rings. The van der Waals surface area contributed by atoms with E-state index in [1.54, 1.807) is 35.4 Å². The predicted molar refractivity (Wildman–Crippen MR) is 99.4 cm³/mol. The van der Waals surface area contributed by atoms with Crippen LogP contribution in [-0.2, 0) is 17.9 Å². The summed E-state index contributed by atoms with van der Waals surface area (Å²) in [7, 11) is 0. The minimum atomic E-state index is -0.374. The van der Waals surface area contributed by atoms with Crippen LogP contribution in [0.3, 0.4) is 0 Å². The summed E-state index contributed by atoms with van der Waals surface area (Å²) in [5, 5.41) is 3.15. The van der Waals surface area contributed by atoms with Crippen LogP contribution in [0.2, 0.25) is 0 Å². The highest BCUT2D eigenvalue weighted by atomic mass is 16.3. The lowest BCUT2D eigenvalue weighted by Crippen LogP contribution is -2.50. The number of nitrogens with zero attached hydrogens (tertiary/aromatic N) is 3. The van der Waals surface area contributed by atoms with Crippen molar-refractivity contribution in [2.24, 2.45) is 0 Å². The third kappa shape index (κ3) is 3.56. The van der Waals surface area contributed by atoms with E-state index in [2.05, 4.69) is 10.00 Å². The number of aromatic amines is 1. The van der Waals surface area contributed by atoms with Crippen LogP contribution in [0.25, 0.3) is 10.8 Å². The molecule has 0 unspecified atom stereocenters. The first-order chi connectivity index (χ1) is 13.1. The van der Waals surface area contributed by atoms with E-state index in [0.717, 1.165) is 23.5 Å². The largest absolute Gasteiger partial charge is 0.468 e. The molecule has 1 amide bonds. The van der Waals surface area contributed by atoms with Gasteiger partial charge in [-0.25, -0.2) is 4.68 Å². The van der Waals surface area contributed by atoms with Crippen molar-refractivity contribution < 1.29 is 9.21 Å². The van der Waals surface area contributed by atoms with Crippen LogP contribution in [0.5, 0.6) is 0 Å². The van der Waals surface area contributed by atoms with Crippen molar-refractivity contribution in [1.82, 2.24) is 19.6 Å². The number of aromatic nitrogens is 2. The quantitative estimate of drug-likeness (QED) is 0.729. The number of hydrogen-bond acceptors (Lipinski definition) is 5. The Morgan fingerprint density at radius 1 is 1.00 bits per heavy atom. The van der Waals surface area contributed by atoms with Gasteiger partial charge in [-0.2, -0.15) is 0 Å². The Bertz CT molecular complexity index is 1060. The molecule has 0 radical (unpaired) electrons. The Kier molecular flexibility index (Phi) is 4.64. The first-order valence-corrected chi connectivity index (χ1v) is 8.86. The highest BCUT2D eigenvalue weighted by molar-refractivity contribution is 5.81. The van der Waals surface area contributed by atoms with Crippen molar-refractivity contribution in [2.45, 2.75) is 13.1 Å². The van der Waals surface area contributed by atoms with Crippen LogP contribution in [-0.4, -0.2) is 51.7 Å². The SMILES string of the molecule is O=C(Cn1[nH]c(=O)c2ccccc2c1=O)N1CCN(Cc2ccco2)CC1. The van der Waals surface area contributed by atoms with Crippen molar-refractivity contribution in [1.29, 1.82) is 0 Å². The van der Waals surface area contributed by atoms with Gasteiger partial charge in [0.05, 0.1) is 23.6 Å². The lowest BCUT2D eigenvalue weighted by atomic mass is 10.2. The fraction of sp³-hybridized carbons (Fsp3) is 0.316. The van der Waals surface area contributed by atoms with Crippen LogP contribution in [0.1, 0.15) is 5.76 Å². The molecule has 0 spiro atoms. The number of H-pyrrole nitrogens is 1. The molecule has 8 nitrogen and oxygen atoms in total. The second-order valence-corrected chi connectivity index (χ2v) is 6.61. The van der Waals surface area contributed by atoms with Gasteiger partial charge in [-0.05, 0) is 24.3 Å². The van der Waals surface area contributed by atoms with Crippen molar-refractivity contribution >= 4 is 16.7 Å². The van der Waals surface area contributed by atoms with Crippen molar-refractivity contribution in [3.05, 3.63) is 69.1 Å². The highest BCUT2D eigenvalue weighted by Crippen LogP contribution is 2.09. The highest BCUT2D eigenvalue weighted by Gasteiger charge is 2.22. The molecule has 4 rings (SSSR count). The van der Waals surface area contributed by atoms with Gasteiger partial charge in [0.2, 0.25) is 5.91 Å². The number of amides is 1. The Morgan fingerprint density at radius 3 is 2.44 bits per heavy atom. The van der Waals surface area contributed by atoms with E-state index < -0.39 is 0 Å². The van der Waals surface area contributed by atoms with E-state index in [1.165, 1.54) is 0 Å². The Morgan fingerprint density at radius 2 is 1.74 bits per heavy atom. The molecule has 1 aromatic carbocycles. The molecule has 0 saturated carbocycles. The van der Waals surface area contributed by atoms with E-state index in [4.69, 9.17) is 4.42 Å². The van der Waals surface area contributed by atoms with Gasteiger partial charge in [0.25, 0.3) is 11.1 Å². The zero-order valence-corrected chi connectivity index (χ0v) is 14.8. The van der Waals surface area contributed by atoms with Crippen molar-refractivity contribution in [3.63, 3.8) is 0 Å². The topological polar surface area (TPSA) is 91.5 Å². The summed E-state index contributed by atoms with van der Waals surface area (Å²) < 4.78 is 6.45. The zero-order valence-electron chi connectivity index (χ0n) is 14.8. The molecular formula is C19H20N4O4. The molecule has 3 aromatic rings. The zero-order chi connectivity index (χ0) is 18.8. The summed E-state index contributed by atoms with van der Waals surface area (Å²) in [5.74, 6) is 0.718. The standard InChI is InChI=1S/C19H20N4O4/c24-17(22-9-7-21(8-10-22)12-14-4-3-11-27-14)13-23-19(26)16-6-2-1-5-15(16)18(25)20-23/h1-6,11H,7-10,12-13H2,(H,20,25). The third-order valence-corrected chi connectivity index (χ3v) is 4.86. The van der Waals surface area contributed by atoms with Crippen molar-refractivity contribution in [2.75, 3.05) is 26.2 Å². The maximum absolute atomic E-state index is 12.6. The number of carbonyl (C=O) groups is 1. The predicted octanol–water partition coefficient (Wildman–Crippen LogP) is 0.627. The molecule has 0 bridgehead atoms. The second kappa shape index (κ2) is 7.24. The smallest absolute Gasteiger partial charge is 0.273 e. The number of rotatable bonds is 4. The van der Waals surface area contributed by atoms with Gasteiger partial charge in [-0.1, -0.05) is 12.1 Å². The van der Waals surface area contributed by atoms with E-state index in [0.29, 0.717) is 30.4 Å². The minimum Gasteiger partial charge on any atom is -0.468 e. The van der Waals surface area contributed by atoms with Gasteiger partial charge >= 0.3 is 0 Å². The molecule has 1 saturated heterocycles. The number of piperazine rings is 1. The fourth-order valence-electron chi connectivity index (χ4n) is 3.37. The normalized spacial score (nSPS) is 15.3. The summed E-state index contributed by atoms with van der Waals surface area (Å²) in [6, 6.07) is 10.4. The van der Waals surface area contributed by atoms with Gasteiger partial charge < -0.3 is 9.32 Å². The summed E-state index contributed by atoms with van der Waals surface area (Å²) in [4.78, 5) is 41.2. The van der Waals surface area contributed by atoms with Crippen molar-refractivity contribution in [3.8, 4) is 0 Å². The number of nitrogens with one attached hydrogen (secondary N) is 1. The van der Waals surface area contributed by atoms with Crippen LogP contribution in [0.4, 0.5) is 0 Å². The molecule has 140 valence electrons. The maximum atomic E-state index is 12.6. The number of carbonyl (C=O) groups excluding carboxylic acids is 1. The molecule has 0 atom stereocenters. The molecule has 8 heteroatoms. The van der Waals surface area contributed by atoms with Gasteiger partial charge in [0.15, 0.2) is 0 Å². The number of hydrogen-bond donors (Lipinski definition) is 1. The average molecular weight is 368 g/mol. The van der Waals surface area contributed by atoms with Crippen LogP contribution >= 0.6 is 0 Å². The molecule has 2 aromatic heterocycles. The lowest BCUT2D eigenvalue weighted by molar-refractivity contribution is -0.134. The molecule has 27 heavy (non-hydrogen) atoms. The van der Waals surface area contributed by atoms with E-state index in [9.17, 15) is 14.4 Å². The van der Waals surface area contributed by atoms with Crippen LogP contribution in [0, 0.1) is 0 Å². The Balaban J connectivity index is 1.43. The second-order valence-electron chi connectivity index (χ2n) is 6.61. The lowest BCUT2D eigenvalue weighted by Gasteiger charge is -2.34. The number of fused-ring (bicyclic) bond motifs is 1. The van der Waals surface area contributed by atoms with E-state index in [-0.39, 0.29) is 23.6 Å². The van der Waals surface area contributed by atoms with Gasteiger partial charge in [0, 0.05) is 26.2 Å². The Hall–Kier alpha value is -3.13. The molecule has 0 aliphatic carbocycles. The molecule has 3 heterocycles. The summed E-state index contributed by atoms with van der Waals surface area (Å²) in [6.07, 6.45) is 1.65. The van der Waals surface area contributed by atoms with Gasteiger partial charge in [-0.3, -0.25) is 24.4 Å². The fourth-order valence-corrected chi connectivity index (χ4v) is 3.37. The van der Waals surface area contributed by atoms with Crippen LogP contribution < -0.4 is 11.1 Å². The average Bonchev–Trinajstić information content (AvgIpc) is 3.19. The summed E-state index contributed by atoms with van der Waals surface area (Å²) in [6.45, 7) is 3.16. The molecule has 1 aliphatic heterocycles. The monoisotopic (exact) mass is 368 g/mol. The molecule has 1 N–H and O–H groups in total. The van der Waals surface area contributed by atoms with E-state index >= 15 is 0 Å². The maximum Gasteiger partial charge on any atom is 0.273 e. The minimum absolute atomic E-state index is 0.170. The number of furan rings is 1. The summed E-state index contributed by atoms with van der Waals surface area (Å²) >= 11 is 0. The van der Waals surface area contributed by atoms with E-state index in [1.807, 2.05) is 12.1 Å². The molecular weight excluding hydrogens is 348 g/mol. The first-order valence-electron chi connectivity index (χ1n) is 8.86. The third-order valence-electron chi connectivity index (χ3n) is 4.86. The van der Waals surface area contributed by atoms with Crippen LogP contribution in [0.15, 0.2) is 56.7 Å².